The van der Waals surface area contributed by atoms with E-state index in [1.54, 1.807) is 19.3 Å². The minimum atomic E-state index is -0.415. The third kappa shape index (κ3) is 4.07. The smallest absolute Gasteiger partial charge is 0.316 e. The Kier molecular flexibility index (Phi) is 5.47. The number of benzene rings is 1. The van der Waals surface area contributed by atoms with E-state index in [4.69, 9.17) is 4.74 Å². The topological polar surface area (TPSA) is 55.3 Å². The molecule has 2 heterocycles. The van der Waals surface area contributed by atoms with Crippen molar-refractivity contribution in [1.29, 1.82) is 0 Å². The van der Waals surface area contributed by atoms with Gasteiger partial charge in [0.2, 0.25) is 0 Å². The molecule has 5 nitrogen and oxygen atoms in total. The quantitative estimate of drug-likeness (QED) is 0.600. The zero-order chi connectivity index (χ0) is 17.8. The van der Waals surface area contributed by atoms with Crippen LogP contribution in [0.1, 0.15) is 18.1 Å². The highest BCUT2D eigenvalue weighted by Gasteiger charge is 2.23. The number of halogens is 2. The molecule has 1 aromatic carbocycles. The highest BCUT2D eigenvalue weighted by Crippen LogP contribution is 2.27. The Morgan fingerprint density at radius 3 is 2.80 bits per heavy atom. The van der Waals surface area contributed by atoms with Crippen molar-refractivity contribution in [3.05, 3.63) is 47.3 Å². The van der Waals surface area contributed by atoms with Gasteiger partial charge in [0, 0.05) is 18.7 Å². The average molecular weight is 365 g/mol. The van der Waals surface area contributed by atoms with Crippen LogP contribution in [0.2, 0.25) is 0 Å². The first-order valence-electron chi connectivity index (χ1n) is 7.89. The summed E-state index contributed by atoms with van der Waals surface area (Å²) in [7, 11) is 0. The number of thioether (sulfide) groups is 1. The van der Waals surface area contributed by atoms with Crippen LogP contribution >= 0.6 is 11.8 Å². The van der Waals surface area contributed by atoms with E-state index in [0.29, 0.717) is 41.5 Å². The number of hydrogen-bond donors (Lipinski definition) is 0. The van der Waals surface area contributed by atoms with Crippen molar-refractivity contribution in [2.24, 2.45) is 0 Å². The monoisotopic (exact) mass is 365 g/mol. The maximum atomic E-state index is 14.0. The number of esters is 1. The molecule has 1 aliphatic rings. The number of hydrogen-bond acceptors (Lipinski definition) is 6. The molecule has 0 atom stereocenters. The molecule has 0 saturated heterocycles. The third-order valence-electron chi connectivity index (χ3n) is 3.86. The largest absolute Gasteiger partial charge is 0.465 e. The van der Waals surface area contributed by atoms with Crippen molar-refractivity contribution < 1.29 is 18.3 Å². The van der Waals surface area contributed by atoms with Crippen LogP contribution in [0.3, 0.4) is 0 Å². The fraction of sp³-hybridized carbons (Fsp3) is 0.353. The second-order valence-electron chi connectivity index (χ2n) is 5.47. The maximum Gasteiger partial charge on any atom is 0.316 e. The van der Waals surface area contributed by atoms with Crippen molar-refractivity contribution in [1.82, 2.24) is 9.97 Å². The van der Waals surface area contributed by atoms with Crippen LogP contribution in [0.5, 0.6) is 0 Å². The lowest BCUT2D eigenvalue weighted by atomic mass is 9.98. The first-order valence-corrected chi connectivity index (χ1v) is 8.88. The number of anilines is 1. The summed E-state index contributed by atoms with van der Waals surface area (Å²) in [5, 5.41) is 0.580. The van der Waals surface area contributed by atoms with Crippen molar-refractivity contribution in [2.75, 3.05) is 23.8 Å². The summed E-state index contributed by atoms with van der Waals surface area (Å²) in [6, 6.07) is 2.31. The van der Waals surface area contributed by atoms with Gasteiger partial charge in [-0.2, -0.15) is 0 Å². The Hall–Kier alpha value is -2.22. The van der Waals surface area contributed by atoms with Gasteiger partial charge in [0.1, 0.15) is 22.5 Å². The highest BCUT2D eigenvalue weighted by molar-refractivity contribution is 7.99. The van der Waals surface area contributed by atoms with Gasteiger partial charge in [0.05, 0.1) is 24.8 Å². The lowest BCUT2D eigenvalue weighted by molar-refractivity contribution is -0.139. The Bertz CT molecular complexity index is 788. The zero-order valence-electron chi connectivity index (χ0n) is 13.7. The summed E-state index contributed by atoms with van der Waals surface area (Å²) in [4.78, 5) is 21.9. The summed E-state index contributed by atoms with van der Waals surface area (Å²) in [6.07, 6.45) is 3.54. The highest BCUT2D eigenvalue weighted by atomic mass is 32.2. The third-order valence-corrected chi connectivity index (χ3v) is 4.74. The van der Waals surface area contributed by atoms with E-state index in [1.165, 1.54) is 11.8 Å². The molecule has 0 saturated carbocycles. The SMILES string of the molecule is CCOC(=O)CSc1cncc(N2CCc3c(F)ccc(F)c3C2)n1. The second-order valence-corrected chi connectivity index (χ2v) is 6.46. The molecular weight excluding hydrogens is 348 g/mol. The van der Waals surface area contributed by atoms with E-state index in [0.717, 1.165) is 12.1 Å². The molecule has 0 N–H and O–H groups in total. The summed E-state index contributed by atoms with van der Waals surface area (Å²) in [5.74, 6) is -0.385. The van der Waals surface area contributed by atoms with Gasteiger partial charge in [0.25, 0.3) is 0 Å². The second kappa shape index (κ2) is 7.77. The standard InChI is InChI=1S/C17H17F2N3O2S/c1-2-24-17(23)10-25-16-8-20-7-15(21-16)22-6-5-11-12(9-22)14(19)4-3-13(11)18/h3-4,7-8H,2,5-6,9-10H2,1H3. The molecular formula is C17H17F2N3O2S. The van der Waals surface area contributed by atoms with E-state index < -0.39 is 5.82 Å². The maximum absolute atomic E-state index is 14.0. The summed E-state index contributed by atoms with van der Waals surface area (Å²) in [5.41, 5.74) is 0.787. The Morgan fingerprint density at radius 1 is 1.28 bits per heavy atom. The predicted octanol–water partition coefficient (Wildman–Crippen LogP) is 2.97. The van der Waals surface area contributed by atoms with Gasteiger partial charge < -0.3 is 9.64 Å². The minimum absolute atomic E-state index is 0.147. The fourth-order valence-electron chi connectivity index (χ4n) is 2.69. The fourth-order valence-corrected chi connectivity index (χ4v) is 3.33. The zero-order valence-corrected chi connectivity index (χ0v) is 14.5. The number of nitrogens with zero attached hydrogens (tertiary/aromatic N) is 3. The van der Waals surface area contributed by atoms with Gasteiger partial charge in [-0.25, -0.2) is 13.8 Å². The van der Waals surface area contributed by atoms with Gasteiger partial charge >= 0.3 is 5.97 Å². The van der Waals surface area contributed by atoms with Crippen LogP contribution in [0.25, 0.3) is 0 Å². The molecule has 0 aliphatic carbocycles. The van der Waals surface area contributed by atoms with Crippen molar-refractivity contribution in [3.63, 3.8) is 0 Å². The van der Waals surface area contributed by atoms with Gasteiger partial charge in [-0.05, 0) is 31.0 Å². The molecule has 25 heavy (non-hydrogen) atoms. The van der Waals surface area contributed by atoms with Crippen LogP contribution in [0, 0.1) is 11.6 Å². The summed E-state index contributed by atoms with van der Waals surface area (Å²) < 4.78 is 32.7. The molecule has 132 valence electrons. The number of aromatic nitrogens is 2. The molecule has 1 aliphatic heterocycles. The average Bonchev–Trinajstić information content (AvgIpc) is 2.63. The Labute approximate surface area is 148 Å². The lowest BCUT2D eigenvalue weighted by Crippen LogP contribution is -2.32. The summed E-state index contributed by atoms with van der Waals surface area (Å²) >= 11 is 1.23. The minimum Gasteiger partial charge on any atom is -0.465 e. The Morgan fingerprint density at radius 2 is 2.04 bits per heavy atom. The first-order chi connectivity index (χ1) is 12.1. The molecule has 8 heteroatoms. The number of carbonyl (C=O) groups is 1. The van der Waals surface area contributed by atoms with Crippen LogP contribution < -0.4 is 4.90 Å². The van der Waals surface area contributed by atoms with E-state index in [9.17, 15) is 13.6 Å². The molecule has 0 bridgehead atoms. The van der Waals surface area contributed by atoms with E-state index in [1.807, 2.05) is 4.90 Å². The van der Waals surface area contributed by atoms with Gasteiger partial charge in [-0.1, -0.05) is 11.8 Å². The van der Waals surface area contributed by atoms with Crippen molar-refractivity contribution in [3.8, 4) is 0 Å². The molecule has 0 radical (unpaired) electrons. The van der Waals surface area contributed by atoms with E-state index >= 15 is 0 Å². The molecule has 3 rings (SSSR count). The van der Waals surface area contributed by atoms with Gasteiger partial charge in [-0.3, -0.25) is 9.78 Å². The van der Waals surface area contributed by atoms with Crippen LogP contribution in [0.15, 0.2) is 29.6 Å². The van der Waals surface area contributed by atoms with E-state index in [-0.39, 0.29) is 24.1 Å². The molecule has 0 spiro atoms. The summed E-state index contributed by atoms with van der Waals surface area (Å²) in [6.45, 7) is 2.84. The number of fused-ring (bicyclic) bond motifs is 1. The molecule has 0 amide bonds. The van der Waals surface area contributed by atoms with Crippen LogP contribution in [-0.2, 0) is 22.5 Å². The molecule has 0 unspecified atom stereocenters. The van der Waals surface area contributed by atoms with Crippen molar-refractivity contribution in [2.45, 2.75) is 24.9 Å². The Balaban J connectivity index is 1.73. The number of rotatable bonds is 5. The normalized spacial score (nSPS) is 13.5. The van der Waals surface area contributed by atoms with Crippen molar-refractivity contribution >= 4 is 23.5 Å². The number of ether oxygens (including phenoxy) is 1. The first kappa shape index (κ1) is 17.6. The molecule has 0 fully saturated rings. The van der Waals surface area contributed by atoms with Gasteiger partial charge in [-0.15, -0.1) is 0 Å². The van der Waals surface area contributed by atoms with Crippen LogP contribution in [-0.4, -0.2) is 34.8 Å². The number of carbonyl (C=O) groups excluding carboxylic acids is 1. The lowest BCUT2D eigenvalue weighted by Gasteiger charge is -2.30. The molecule has 2 aromatic rings. The van der Waals surface area contributed by atoms with Crippen LogP contribution in [0.4, 0.5) is 14.6 Å². The van der Waals surface area contributed by atoms with E-state index in [2.05, 4.69) is 9.97 Å². The predicted molar refractivity (Wildman–Crippen MR) is 90.5 cm³/mol. The van der Waals surface area contributed by atoms with Gasteiger partial charge in [0.15, 0.2) is 0 Å². The molecule has 1 aromatic heterocycles.